The van der Waals surface area contributed by atoms with Crippen LogP contribution in [0.3, 0.4) is 0 Å². The molecule has 0 amide bonds. The molecule has 0 unspecified atom stereocenters. The number of hydrogen-bond donors (Lipinski definition) is 0. The third-order valence-corrected chi connectivity index (χ3v) is 5.34. The van der Waals surface area contributed by atoms with Crippen molar-refractivity contribution in [1.82, 2.24) is 9.55 Å². The molecule has 1 heterocycles. The monoisotopic (exact) mass is 416 g/mol. The number of aromatic nitrogens is 2. The van der Waals surface area contributed by atoms with Gasteiger partial charge < -0.3 is 9.47 Å². The Balaban J connectivity index is 1.86. The molecule has 0 saturated heterocycles. The molecular weight excluding hydrogens is 395 g/mol. The number of ether oxygens (including phenoxy) is 2. The second-order valence-corrected chi connectivity index (χ2v) is 7.22. The summed E-state index contributed by atoms with van der Waals surface area (Å²) in [6.45, 7) is 0.936. The van der Waals surface area contributed by atoms with Crippen molar-refractivity contribution in [2.24, 2.45) is 0 Å². The zero-order valence-electron chi connectivity index (χ0n) is 16.2. The minimum absolute atomic E-state index is 0.0286. The molecule has 0 radical (unpaired) electrons. The van der Waals surface area contributed by atoms with Gasteiger partial charge in [0.2, 0.25) is 0 Å². The first kappa shape index (κ1) is 21.0. The fraction of sp³-hybridized carbons (Fsp3) is 0.286. The maximum absolute atomic E-state index is 13.9. The van der Waals surface area contributed by atoms with Crippen molar-refractivity contribution in [2.75, 3.05) is 26.6 Å². The third kappa shape index (κ3) is 4.83. The van der Waals surface area contributed by atoms with Crippen LogP contribution in [0.1, 0.15) is 16.8 Å². The molecule has 0 saturated carbocycles. The summed E-state index contributed by atoms with van der Waals surface area (Å²) in [5, 5.41) is 0.977. The molecule has 3 rings (SSSR count). The van der Waals surface area contributed by atoms with E-state index in [2.05, 4.69) is 4.98 Å². The van der Waals surface area contributed by atoms with E-state index in [1.54, 1.807) is 29.9 Å². The summed E-state index contributed by atoms with van der Waals surface area (Å²) in [7, 11) is 2.97. The van der Waals surface area contributed by atoms with Crippen molar-refractivity contribution in [3.05, 3.63) is 64.2 Å². The van der Waals surface area contributed by atoms with Gasteiger partial charge in [-0.1, -0.05) is 23.9 Å². The number of hydrogen-bond acceptors (Lipinski definition) is 6. The molecule has 0 aliphatic carbocycles. The van der Waals surface area contributed by atoms with Crippen molar-refractivity contribution in [3.63, 3.8) is 0 Å². The molecule has 0 aliphatic heterocycles. The SMILES string of the molecule is COCCCn1c(SCC(=O)c2ccc(OC)c(F)c2)nc2ccccc2c1=O. The fourth-order valence-electron chi connectivity index (χ4n) is 2.88. The lowest BCUT2D eigenvalue weighted by atomic mass is 10.1. The van der Waals surface area contributed by atoms with E-state index in [4.69, 9.17) is 9.47 Å². The third-order valence-electron chi connectivity index (χ3n) is 4.36. The zero-order valence-corrected chi connectivity index (χ0v) is 17.0. The number of ketones is 1. The van der Waals surface area contributed by atoms with E-state index >= 15 is 0 Å². The summed E-state index contributed by atoms with van der Waals surface area (Å²) in [5.41, 5.74) is 0.660. The molecular formula is C21H21FN2O4S. The van der Waals surface area contributed by atoms with Gasteiger partial charge in [-0.25, -0.2) is 9.37 Å². The molecule has 2 aromatic carbocycles. The lowest BCUT2D eigenvalue weighted by molar-refractivity contribution is 0.102. The number of nitrogens with zero attached hydrogens (tertiary/aromatic N) is 2. The first-order chi connectivity index (χ1) is 14.0. The van der Waals surface area contributed by atoms with Crippen LogP contribution in [0.5, 0.6) is 5.75 Å². The van der Waals surface area contributed by atoms with Crippen molar-refractivity contribution < 1.29 is 18.7 Å². The number of carbonyl (C=O) groups excluding carboxylic acids is 1. The van der Waals surface area contributed by atoms with Gasteiger partial charge in [-0.2, -0.15) is 0 Å². The minimum atomic E-state index is -0.594. The standard InChI is InChI=1S/C21H21FN2O4S/c1-27-11-5-10-24-20(26)15-6-3-4-7-17(15)23-21(24)29-13-18(25)14-8-9-19(28-2)16(22)12-14/h3-4,6-9,12H,5,10-11,13H2,1-2H3. The lowest BCUT2D eigenvalue weighted by Crippen LogP contribution is -2.24. The Hall–Kier alpha value is -2.71. The number of methoxy groups -OCH3 is 2. The fourth-order valence-corrected chi connectivity index (χ4v) is 3.80. The van der Waals surface area contributed by atoms with Gasteiger partial charge in [-0.05, 0) is 36.8 Å². The highest BCUT2D eigenvalue weighted by molar-refractivity contribution is 7.99. The second-order valence-electron chi connectivity index (χ2n) is 6.28. The molecule has 0 spiro atoms. The number of benzene rings is 2. The van der Waals surface area contributed by atoms with Crippen LogP contribution in [0.2, 0.25) is 0 Å². The summed E-state index contributed by atoms with van der Waals surface area (Å²) in [6.07, 6.45) is 0.641. The molecule has 8 heteroatoms. The topological polar surface area (TPSA) is 70.4 Å². The van der Waals surface area contributed by atoms with Crippen molar-refractivity contribution in [2.45, 2.75) is 18.1 Å². The van der Waals surface area contributed by atoms with Crippen LogP contribution in [-0.4, -0.2) is 41.9 Å². The highest BCUT2D eigenvalue weighted by Crippen LogP contribution is 2.22. The van der Waals surface area contributed by atoms with Gasteiger partial charge in [0.05, 0.1) is 23.8 Å². The molecule has 0 N–H and O–H groups in total. The van der Waals surface area contributed by atoms with Crippen LogP contribution < -0.4 is 10.3 Å². The molecule has 0 bridgehead atoms. The minimum Gasteiger partial charge on any atom is -0.494 e. The van der Waals surface area contributed by atoms with Gasteiger partial charge in [0, 0.05) is 25.8 Å². The van der Waals surface area contributed by atoms with Gasteiger partial charge in [0.1, 0.15) is 0 Å². The van der Waals surface area contributed by atoms with E-state index in [-0.39, 0.29) is 28.4 Å². The van der Waals surface area contributed by atoms with Crippen LogP contribution in [0.25, 0.3) is 10.9 Å². The Labute approximate surface area is 171 Å². The normalized spacial score (nSPS) is 11.0. The molecule has 3 aromatic rings. The number of thioether (sulfide) groups is 1. The Bertz CT molecular complexity index is 1080. The van der Waals surface area contributed by atoms with Gasteiger partial charge in [0.15, 0.2) is 22.5 Å². The number of para-hydroxylation sites is 1. The predicted octanol–water partition coefficient (Wildman–Crippen LogP) is 3.56. The number of Topliss-reactive ketones (excluding diaryl/α,β-unsaturated/α-hetero) is 1. The van der Waals surface area contributed by atoms with Crippen LogP contribution in [0.4, 0.5) is 4.39 Å². The van der Waals surface area contributed by atoms with Gasteiger partial charge in [-0.15, -0.1) is 0 Å². The largest absolute Gasteiger partial charge is 0.494 e. The predicted molar refractivity (Wildman–Crippen MR) is 111 cm³/mol. The number of fused-ring (bicyclic) bond motifs is 1. The number of rotatable bonds is 9. The van der Waals surface area contributed by atoms with Crippen LogP contribution in [0.15, 0.2) is 52.4 Å². The van der Waals surface area contributed by atoms with Crippen LogP contribution >= 0.6 is 11.8 Å². The molecule has 6 nitrogen and oxygen atoms in total. The van der Waals surface area contributed by atoms with E-state index in [0.29, 0.717) is 35.6 Å². The Kier molecular flexibility index (Phi) is 7.00. The second kappa shape index (κ2) is 9.67. The van der Waals surface area contributed by atoms with E-state index in [9.17, 15) is 14.0 Å². The molecule has 152 valence electrons. The maximum Gasteiger partial charge on any atom is 0.262 e. The van der Waals surface area contributed by atoms with Crippen molar-refractivity contribution in [3.8, 4) is 5.75 Å². The first-order valence-corrected chi connectivity index (χ1v) is 10.0. The van der Waals surface area contributed by atoms with E-state index in [1.165, 1.54) is 19.2 Å². The molecule has 1 aromatic heterocycles. The van der Waals surface area contributed by atoms with Crippen LogP contribution in [0, 0.1) is 5.82 Å². The van der Waals surface area contributed by atoms with Gasteiger partial charge in [0.25, 0.3) is 5.56 Å². The molecule has 0 fully saturated rings. The van der Waals surface area contributed by atoms with E-state index in [1.807, 2.05) is 6.07 Å². The average Bonchev–Trinajstić information content (AvgIpc) is 2.73. The van der Waals surface area contributed by atoms with Crippen LogP contribution in [-0.2, 0) is 11.3 Å². The molecule has 29 heavy (non-hydrogen) atoms. The van der Waals surface area contributed by atoms with E-state index < -0.39 is 5.82 Å². The number of carbonyl (C=O) groups is 1. The maximum atomic E-state index is 13.9. The Morgan fingerprint density at radius 1 is 1.21 bits per heavy atom. The Morgan fingerprint density at radius 3 is 2.72 bits per heavy atom. The molecule has 0 atom stereocenters. The van der Waals surface area contributed by atoms with Gasteiger partial charge >= 0.3 is 0 Å². The van der Waals surface area contributed by atoms with E-state index in [0.717, 1.165) is 17.8 Å². The average molecular weight is 416 g/mol. The summed E-state index contributed by atoms with van der Waals surface area (Å²) in [6, 6.07) is 11.2. The zero-order chi connectivity index (χ0) is 20.8. The summed E-state index contributed by atoms with van der Waals surface area (Å²) in [5.74, 6) is -0.746. The van der Waals surface area contributed by atoms with Gasteiger partial charge in [-0.3, -0.25) is 14.2 Å². The van der Waals surface area contributed by atoms with Crippen molar-refractivity contribution >= 4 is 28.4 Å². The molecule has 0 aliphatic rings. The lowest BCUT2D eigenvalue weighted by Gasteiger charge is -2.13. The highest BCUT2D eigenvalue weighted by atomic mass is 32.2. The Morgan fingerprint density at radius 2 is 2.00 bits per heavy atom. The quantitative estimate of drug-likeness (QED) is 0.230. The first-order valence-electron chi connectivity index (χ1n) is 9.03. The summed E-state index contributed by atoms with van der Waals surface area (Å²) < 4.78 is 25.4. The van der Waals surface area contributed by atoms with Crippen molar-refractivity contribution in [1.29, 1.82) is 0 Å². The number of halogens is 1. The smallest absolute Gasteiger partial charge is 0.262 e. The summed E-state index contributed by atoms with van der Waals surface area (Å²) >= 11 is 1.16. The summed E-state index contributed by atoms with van der Waals surface area (Å²) in [4.78, 5) is 30.0. The highest BCUT2D eigenvalue weighted by Gasteiger charge is 2.15.